The number of ether oxygens (including phenoxy) is 5. The van der Waals surface area contributed by atoms with E-state index in [0.717, 1.165) is 15.4 Å². The lowest BCUT2D eigenvalue weighted by atomic mass is 9.98. The molecule has 270 valence electrons. The highest BCUT2D eigenvalue weighted by Gasteiger charge is 2.40. The van der Waals surface area contributed by atoms with E-state index in [2.05, 4.69) is 5.32 Å². The second-order valence-corrected chi connectivity index (χ2v) is 13.3. The van der Waals surface area contributed by atoms with Crippen LogP contribution >= 0.6 is 0 Å². The van der Waals surface area contributed by atoms with Crippen LogP contribution in [0.25, 0.3) is 11.1 Å². The summed E-state index contributed by atoms with van der Waals surface area (Å²) < 4.78 is 55.2. The third kappa shape index (κ3) is 9.57. The van der Waals surface area contributed by atoms with Crippen LogP contribution in [-0.4, -0.2) is 107 Å². The summed E-state index contributed by atoms with van der Waals surface area (Å²) in [6.07, 6.45) is 0.545. The lowest BCUT2D eigenvalue weighted by Crippen LogP contribution is -2.51. The van der Waals surface area contributed by atoms with Gasteiger partial charge in [0.05, 0.1) is 63.3 Å². The van der Waals surface area contributed by atoms with E-state index >= 15 is 0 Å². The zero-order valence-corrected chi connectivity index (χ0v) is 28.9. The average molecular weight is 715 g/mol. The van der Waals surface area contributed by atoms with Crippen molar-refractivity contribution in [2.75, 3.05) is 54.3 Å². The minimum absolute atomic E-state index is 0.0583. The van der Waals surface area contributed by atoms with Gasteiger partial charge >= 0.3 is 11.9 Å². The van der Waals surface area contributed by atoms with Gasteiger partial charge in [0.2, 0.25) is 15.9 Å². The summed E-state index contributed by atoms with van der Waals surface area (Å²) in [6, 6.07) is 13.0. The number of hydrogen-bond acceptors (Lipinski definition) is 10. The Morgan fingerprint density at radius 1 is 0.860 bits per heavy atom. The molecule has 0 aromatic heterocycles. The van der Waals surface area contributed by atoms with Gasteiger partial charge in [-0.2, -0.15) is 4.31 Å². The number of aliphatic carboxylic acids is 1. The van der Waals surface area contributed by atoms with E-state index in [1.165, 1.54) is 24.3 Å². The molecule has 0 saturated carbocycles. The monoisotopic (exact) mass is 714 g/mol. The maximum atomic E-state index is 13.3. The molecule has 1 aliphatic heterocycles. The Hall–Kier alpha value is -4.54. The molecule has 1 heterocycles. The van der Waals surface area contributed by atoms with Gasteiger partial charge in [0, 0.05) is 20.1 Å². The maximum absolute atomic E-state index is 13.3. The van der Waals surface area contributed by atoms with Crippen molar-refractivity contribution in [3.05, 3.63) is 77.4 Å². The lowest BCUT2D eigenvalue weighted by molar-refractivity contribution is -0.142. The largest absolute Gasteiger partial charge is 0.496 e. The molecule has 4 rings (SSSR count). The minimum Gasteiger partial charge on any atom is -0.496 e. The molecule has 1 fully saturated rings. The van der Waals surface area contributed by atoms with Gasteiger partial charge in [0.15, 0.2) is 0 Å². The van der Waals surface area contributed by atoms with Crippen LogP contribution in [-0.2, 0) is 46.9 Å². The summed E-state index contributed by atoms with van der Waals surface area (Å²) >= 11 is 0. The SMILES string of the molecule is COCCOCCOCc1cc(OC)c(-c2ccc(C[C@H](NC(=O)[C@@H]3CCCN3S(=O)(=O)c3ccc(C(=O)O)cc3)C(=O)O)cc2)c(OC)c1. The zero-order valence-electron chi connectivity index (χ0n) is 28.1. The third-order valence-corrected chi connectivity index (χ3v) is 10.1. The first-order valence-corrected chi connectivity index (χ1v) is 17.3. The van der Waals surface area contributed by atoms with Crippen molar-refractivity contribution < 1.29 is 56.7 Å². The maximum Gasteiger partial charge on any atom is 0.335 e. The fourth-order valence-electron chi connectivity index (χ4n) is 5.59. The van der Waals surface area contributed by atoms with E-state index < -0.39 is 40.0 Å². The average Bonchev–Trinajstić information content (AvgIpc) is 3.62. The van der Waals surface area contributed by atoms with E-state index in [1.54, 1.807) is 45.6 Å². The molecule has 1 saturated heterocycles. The Morgan fingerprint density at radius 2 is 1.48 bits per heavy atom. The quantitative estimate of drug-likeness (QED) is 0.154. The fraction of sp³-hybridized carbons (Fsp3) is 0.400. The highest BCUT2D eigenvalue weighted by Crippen LogP contribution is 2.40. The Bertz CT molecular complexity index is 1700. The second-order valence-electron chi connectivity index (χ2n) is 11.4. The lowest BCUT2D eigenvalue weighted by Gasteiger charge is -2.25. The van der Waals surface area contributed by atoms with Crippen LogP contribution in [0.2, 0.25) is 0 Å². The molecule has 1 aliphatic rings. The molecule has 0 radical (unpaired) electrons. The minimum atomic E-state index is -4.15. The van der Waals surface area contributed by atoms with Crippen molar-refractivity contribution in [1.29, 1.82) is 0 Å². The smallest absolute Gasteiger partial charge is 0.335 e. The normalized spacial score (nSPS) is 15.4. The van der Waals surface area contributed by atoms with Crippen molar-refractivity contribution in [2.45, 2.75) is 42.8 Å². The molecule has 15 heteroatoms. The molecule has 2 atom stereocenters. The van der Waals surface area contributed by atoms with Gasteiger partial charge in [-0.3, -0.25) is 4.79 Å². The number of hydrogen-bond donors (Lipinski definition) is 3. The van der Waals surface area contributed by atoms with Gasteiger partial charge in [-0.1, -0.05) is 24.3 Å². The van der Waals surface area contributed by atoms with Crippen LogP contribution in [0.4, 0.5) is 0 Å². The van der Waals surface area contributed by atoms with Gasteiger partial charge in [-0.25, -0.2) is 18.0 Å². The number of carbonyl (C=O) groups excluding carboxylic acids is 1. The number of carboxylic acids is 2. The van der Waals surface area contributed by atoms with E-state index in [1.807, 2.05) is 12.1 Å². The fourth-order valence-corrected chi connectivity index (χ4v) is 7.25. The molecule has 14 nitrogen and oxygen atoms in total. The van der Waals surface area contributed by atoms with E-state index in [9.17, 15) is 27.9 Å². The first-order chi connectivity index (χ1) is 24.0. The highest BCUT2D eigenvalue weighted by atomic mass is 32.2. The van der Waals surface area contributed by atoms with Crippen molar-refractivity contribution in [3.63, 3.8) is 0 Å². The van der Waals surface area contributed by atoms with Crippen LogP contribution in [0.3, 0.4) is 0 Å². The van der Waals surface area contributed by atoms with Crippen molar-refractivity contribution in [3.8, 4) is 22.6 Å². The topological polar surface area (TPSA) is 187 Å². The van der Waals surface area contributed by atoms with Gasteiger partial charge < -0.3 is 39.2 Å². The third-order valence-electron chi connectivity index (χ3n) is 8.15. The zero-order chi connectivity index (χ0) is 36.3. The van der Waals surface area contributed by atoms with E-state index in [0.29, 0.717) is 62.1 Å². The number of nitrogens with one attached hydrogen (secondary N) is 1. The van der Waals surface area contributed by atoms with Gasteiger partial charge in [-0.05, 0) is 65.9 Å². The number of aromatic carboxylic acids is 1. The van der Waals surface area contributed by atoms with Crippen LogP contribution in [0.5, 0.6) is 11.5 Å². The van der Waals surface area contributed by atoms with Crippen molar-refractivity contribution in [1.82, 2.24) is 9.62 Å². The molecule has 3 aromatic carbocycles. The predicted molar refractivity (Wildman–Crippen MR) is 181 cm³/mol. The number of carboxylic acid groups (broad SMARTS) is 2. The Kier molecular flexibility index (Phi) is 13.7. The second kappa shape index (κ2) is 17.9. The summed E-state index contributed by atoms with van der Waals surface area (Å²) in [5.74, 6) is -2.10. The molecular weight excluding hydrogens is 672 g/mol. The number of amides is 1. The molecule has 3 aromatic rings. The van der Waals surface area contributed by atoms with Crippen LogP contribution < -0.4 is 14.8 Å². The van der Waals surface area contributed by atoms with Gasteiger partial charge in [0.1, 0.15) is 23.6 Å². The highest BCUT2D eigenvalue weighted by molar-refractivity contribution is 7.89. The van der Waals surface area contributed by atoms with Crippen LogP contribution in [0.1, 0.15) is 34.3 Å². The summed E-state index contributed by atoms with van der Waals surface area (Å²) in [5.41, 5.74) is 2.81. The number of carbonyl (C=O) groups is 3. The van der Waals surface area contributed by atoms with Crippen molar-refractivity contribution >= 4 is 27.9 Å². The van der Waals surface area contributed by atoms with E-state index in [4.69, 9.17) is 28.8 Å². The molecule has 0 unspecified atom stereocenters. The molecule has 0 aliphatic carbocycles. The van der Waals surface area contributed by atoms with Crippen LogP contribution in [0, 0.1) is 0 Å². The number of sulfonamides is 1. The number of rotatable bonds is 19. The molecule has 0 bridgehead atoms. The molecular formula is C35H42N2O12S. The number of methoxy groups -OCH3 is 3. The molecule has 0 spiro atoms. The molecule has 50 heavy (non-hydrogen) atoms. The van der Waals surface area contributed by atoms with Crippen LogP contribution in [0.15, 0.2) is 65.6 Å². The molecule has 1 amide bonds. The number of benzene rings is 3. The number of nitrogens with zero attached hydrogens (tertiary/aromatic N) is 1. The van der Waals surface area contributed by atoms with Gasteiger partial charge in [0.25, 0.3) is 0 Å². The Balaban J connectivity index is 1.43. The Labute approximate surface area is 290 Å². The summed E-state index contributed by atoms with van der Waals surface area (Å²) in [6.45, 7) is 2.21. The molecule has 3 N–H and O–H groups in total. The predicted octanol–water partition coefficient (Wildman–Crippen LogP) is 3.21. The first-order valence-electron chi connectivity index (χ1n) is 15.9. The summed E-state index contributed by atoms with van der Waals surface area (Å²) in [4.78, 5) is 36.6. The first kappa shape index (κ1) is 38.3. The van der Waals surface area contributed by atoms with E-state index in [-0.39, 0.29) is 29.8 Å². The summed E-state index contributed by atoms with van der Waals surface area (Å²) in [5, 5.41) is 21.6. The van der Waals surface area contributed by atoms with Gasteiger partial charge in [-0.15, -0.1) is 0 Å². The Morgan fingerprint density at radius 3 is 2.06 bits per heavy atom. The van der Waals surface area contributed by atoms with Crippen molar-refractivity contribution in [2.24, 2.45) is 0 Å². The standard InChI is InChI=1S/C35H42N2O12S/c1-45-15-16-48-17-18-49-22-24-20-30(46-2)32(31(21-24)47-3)25-8-6-23(7-9-25)19-28(35(41)42)36-33(38)29-5-4-14-37(29)50(43,44)27-12-10-26(11-13-27)34(39)40/h6-13,20-21,28-29H,4-5,14-19,22H2,1-3H3,(H,36,38)(H,39,40)(H,41,42)/t28-,29-/m0/s1. The summed E-state index contributed by atoms with van der Waals surface area (Å²) in [7, 11) is 0.555.